The van der Waals surface area contributed by atoms with Crippen molar-refractivity contribution in [3.05, 3.63) is 28.7 Å². The molecule has 0 bridgehead atoms. The van der Waals surface area contributed by atoms with Gasteiger partial charge in [0.1, 0.15) is 18.5 Å². The Balaban J connectivity index is 2.26. The molecule has 1 aromatic rings. The standard InChI is InChI=1S/C13H14BrF3N2O4/c1-8(23-7-13(15,16)17)12(21)19-18-11(20)6-22-10-4-2-9(14)3-5-10/h2-5,8H,6-7H2,1H3,(H,18,20)(H,19,21). The van der Waals surface area contributed by atoms with E-state index in [1.54, 1.807) is 24.3 Å². The quantitative estimate of drug-likeness (QED) is 0.718. The van der Waals surface area contributed by atoms with Gasteiger partial charge in [0.15, 0.2) is 6.61 Å². The fourth-order valence-corrected chi connectivity index (χ4v) is 1.51. The zero-order valence-corrected chi connectivity index (χ0v) is 13.5. The number of carbonyl (C=O) groups excluding carboxylic acids is 2. The summed E-state index contributed by atoms with van der Waals surface area (Å²) in [5, 5.41) is 0. The average molecular weight is 399 g/mol. The zero-order valence-electron chi connectivity index (χ0n) is 11.9. The summed E-state index contributed by atoms with van der Waals surface area (Å²) in [4.78, 5) is 22.9. The molecular weight excluding hydrogens is 385 g/mol. The average Bonchev–Trinajstić information content (AvgIpc) is 2.48. The normalized spacial score (nSPS) is 12.4. The van der Waals surface area contributed by atoms with E-state index in [0.717, 1.165) is 11.4 Å². The predicted octanol–water partition coefficient (Wildman–Crippen LogP) is 1.94. The topological polar surface area (TPSA) is 76.7 Å². The zero-order chi connectivity index (χ0) is 17.5. The van der Waals surface area contributed by atoms with Crippen molar-refractivity contribution in [2.45, 2.75) is 19.2 Å². The SMILES string of the molecule is CC(OCC(F)(F)F)C(=O)NNC(=O)COc1ccc(Br)cc1. The number of rotatable bonds is 6. The van der Waals surface area contributed by atoms with Crippen LogP contribution in [0, 0.1) is 0 Å². The van der Waals surface area contributed by atoms with Crippen LogP contribution in [-0.2, 0) is 14.3 Å². The first-order valence-electron chi connectivity index (χ1n) is 6.33. The van der Waals surface area contributed by atoms with Crippen molar-refractivity contribution >= 4 is 27.7 Å². The number of hydrogen-bond acceptors (Lipinski definition) is 4. The third kappa shape index (κ3) is 8.41. The number of hydrogen-bond donors (Lipinski definition) is 2. The second-order valence-electron chi connectivity index (χ2n) is 4.35. The number of carbonyl (C=O) groups is 2. The van der Waals surface area contributed by atoms with Crippen LogP contribution in [-0.4, -0.2) is 37.3 Å². The number of alkyl halides is 3. The minimum atomic E-state index is -4.53. The molecule has 10 heteroatoms. The molecule has 1 rings (SSSR count). The van der Waals surface area contributed by atoms with Gasteiger partial charge in [-0.25, -0.2) is 0 Å². The van der Waals surface area contributed by atoms with Crippen molar-refractivity contribution in [3.8, 4) is 5.75 Å². The van der Waals surface area contributed by atoms with Crippen LogP contribution in [0.3, 0.4) is 0 Å². The third-order valence-corrected chi connectivity index (χ3v) is 2.90. The highest BCUT2D eigenvalue weighted by molar-refractivity contribution is 9.10. The van der Waals surface area contributed by atoms with Gasteiger partial charge in [-0.15, -0.1) is 0 Å². The van der Waals surface area contributed by atoms with Crippen LogP contribution >= 0.6 is 15.9 Å². The molecule has 0 aliphatic heterocycles. The lowest BCUT2D eigenvalue weighted by atomic mass is 10.3. The van der Waals surface area contributed by atoms with Gasteiger partial charge in [0.25, 0.3) is 11.8 Å². The molecule has 1 aromatic carbocycles. The highest BCUT2D eigenvalue weighted by Crippen LogP contribution is 2.16. The second-order valence-corrected chi connectivity index (χ2v) is 5.26. The van der Waals surface area contributed by atoms with Crippen LogP contribution in [0.15, 0.2) is 28.7 Å². The molecule has 0 aliphatic rings. The van der Waals surface area contributed by atoms with Gasteiger partial charge < -0.3 is 9.47 Å². The van der Waals surface area contributed by atoms with Crippen molar-refractivity contribution in [3.63, 3.8) is 0 Å². The van der Waals surface area contributed by atoms with Gasteiger partial charge >= 0.3 is 6.18 Å². The maximum atomic E-state index is 11.9. The van der Waals surface area contributed by atoms with Crippen LogP contribution in [0.25, 0.3) is 0 Å². The molecular formula is C13H14BrF3N2O4. The third-order valence-electron chi connectivity index (χ3n) is 2.37. The number of halogens is 4. The summed E-state index contributed by atoms with van der Waals surface area (Å²) in [5.74, 6) is -1.15. The van der Waals surface area contributed by atoms with Crippen LogP contribution < -0.4 is 15.6 Å². The lowest BCUT2D eigenvalue weighted by molar-refractivity contribution is -0.186. The summed E-state index contributed by atoms with van der Waals surface area (Å²) in [6.07, 6.45) is -5.90. The molecule has 1 unspecified atom stereocenters. The molecule has 0 fully saturated rings. The van der Waals surface area contributed by atoms with E-state index in [1.165, 1.54) is 0 Å². The highest BCUT2D eigenvalue weighted by Gasteiger charge is 2.29. The van der Waals surface area contributed by atoms with Crippen LogP contribution in [0.2, 0.25) is 0 Å². The van der Waals surface area contributed by atoms with E-state index in [0.29, 0.717) is 5.75 Å². The van der Waals surface area contributed by atoms with Crippen LogP contribution in [0.1, 0.15) is 6.92 Å². The molecule has 0 radical (unpaired) electrons. The van der Waals surface area contributed by atoms with Gasteiger partial charge in [-0.1, -0.05) is 15.9 Å². The first-order valence-corrected chi connectivity index (χ1v) is 7.12. The molecule has 0 spiro atoms. The monoisotopic (exact) mass is 398 g/mol. The van der Waals surface area contributed by atoms with Gasteiger partial charge in [0.05, 0.1) is 0 Å². The minimum Gasteiger partial charge on any atom is -0.484 e. The molecule has 1 atom stereocenters. The smallest absolute Gasteiger partial charge is 0.411 e. The van der Waals surface area contributed by atoms with E-state index >= 15 is 0 Å². The molecule has 128 valence electrons. The fraction of sp³-hybridized carbons (Fsp3) is 0.385. The van der Waals surface area contributed by atoms with Crippen LogP contribution in [0.5, 0.6) is 5.75 Å². The molecule has 2 amide bonds. The van der Waals surface area contributed by atoms with Crippen molar-refractivity contribution in [2.24, 2.45) is 0 Å². The van der Waals surface area contributed by atoms with Crippen molar-refractivity contribution in [1.29, 1.82) is 0 Å². The number of nitrogens with one attached hydrogen (secondary N) is 2. The molecule has 0 saturated heterocycles. The van der Waals surface area contributed by atoms with E-state index < -0.39 is 30.7 Å². The van der Waals surface area contributed by atoms with Gasteiger partial charge in [-0.2, -0.15) is 13.2 Å². The summed E-state index contributed by atoms with van der Waals surface area (Å²) in [6.45, 7) is -0.798. The second kappa shape index (κ2) is 8.73. The minimum absolute atomic E-state index is 0.375. The van der Waals surface area contributed by atoms with E-state index in [4.69, 9.17) is 4.74 Å². The Morgan fingerprint density at radius 1 is 1.22 bits per heavy atom. The van der Waals surface area contributed by atoms with Crippen molar-refractivity contribution < 1.29 is 32.2 Å². The summed E-state index contributed by atoms with van der Waals surface area (Å²) in [6, 6.07) is 6.69. The number of benzene rings is 1. The fourth-order valence-electron chi connectivity index (χ4n) is 1.24. The summed E-state index contributed by atoms with van der Waals surface area (Å²) in [7, 11) is 0. The summed E-state index contributed by atoms with van der Waals surface area (Å²) >= 11 is 3.24. The number of hydrazine groups is 1. The van der Waals surface area contributed by atoms with E-state index in [9.17, 15) is 22.8 Å². The lowest BCUT2D eigenvalue weighted by Gasteiger charge is -2.15. The van der Waals surface area contributed by atoms with Crippen molar-refractivity contribution in [2.75, 3.05) is 13.2 Å². The van der Waals surface area contributed by atoms with Gasteiger partial charge in [-0.3, -0.25) is 20.4 Å². The van der Waals surface area contributed by atoms with Crippen LogP contribution in [0.4, 0.5) is 13.2 Å². The van der Waals surface area contributed by atoms with Gasteiger partial charge in [0, 0.05) is 4.47 Å². The molecule has 2 N–H and O–H groups in total. The molecule has 0 aromatic heterocycles. The maximum Gasteiger partial charge on any atom is 0.411 e. The summed E-state index contributed by atoms with van der Waals surface area (Å²) in [5.41, 5.74) is 3.95. The largest absolute Gasteiger partial charge is 0.484 e. The maximum absolute atomic E-state index is 11.9. The van der Waals surface area contributed by atoms with Crippen molar-refractivity contribution in [1.82, 2.24) is 10.9 Å². The Morgan fingerprint density at radius 3 is 2.39 bits per heavy atom. The number of amides is 2. The van der Waals surface area contributed by atoms with Gasteiger partial charge in [0.2, 0.25) is 0 Å². The van der Waals surface area contributed by atoms with E-state index in [-0.39, 0.29) is 6.61 Å². The Bertz CT molecular complexity index is 537. The number of ether oxygens (including phenoxy) is 2. The summed E-state index contributed by atoms with van der Waals surface area (Å²) < 4.78 is 46.1. The van der Waals surface area contributed by atoms with Gasteiger partial charge in [-0.05, 0) is 31.2 Å². The van der Waals surface area contributed by atoms with E-state index in [2.05, 4.69) is 20.7 Å². The molecule has 0 saturated carbocycles. The predicted molar refractivity (Wildman–Crippen MR) is 77.4 cm³/mol. The lowest BCUT2D eigenvalue weighted by Crippen LogP contribution is -2.48. The Morgan fingerprint density at radius 2 is 1.83 bits per heavy atom. The first-order chi connectivity index (χ1) is 10.7. The molecule has 6 nitrogen and oxygen atoms in total. The van der Waals surface area contributed by atoms with E-state index in [1.807, 2.05) is 10.9 Å². The molecule has 0 aliphatic carbocycles. The first kappa shape index (κ1) is 19.2. The Hall–Kier alpha value is -1.81. The highest BCUT2D eigenvalue weighted by atomic mass is 79.9. The Labute approximate surface area is 138 Å². The molecule has 0 heterocycles. The Kier molecular flexibility index (Phi) is 7.30. The molecule has 23 heavy (non-hydrogen) atoms.